The summed E-state index contributed by atoms with van der Waals surface area (Å²) in [5, 5.41) is 11.2. The summed E-state index contributed by atoms with van der Waals surface area (Å²) in [6, 6.07) is 9.25. The van der Waals surface area contributed by atoms with Crippen molar-refractivity contribution in [2.75, 3.05) is 11.2 Å². The number of hydrogen-bond donors (Lipinski definition) is 1. The van der Waals surface area contributed by atoms with Gasteiger partial charge in [-0.3, -0.25) is 4.79 Å². The first-order chi connectivity index (χ1) is 7.26. The van der Waals surface area contributed by atoms with Crippen molar-refractivity contribution in [2.45, 2.75) is 12.8 Å². The summed E-state index contributed by atoms with van der Waals surface area (Å²) >= 11 is 5.43. The molecular formula is C11H11ClN2O. The number of nitrogens with one attached hydrogen (secondary N) is 1. The van der Waals surface area contributed by atoms with Gasteiger partial charge >= 0.3 is 0 Å². The Bertz CT molecular complexity index is 367. The molecule has 0 saturated carbocycles. The average molecular weight is 223 g/mol. The van der Waals surface area contributed by atoms with Crippen LogP contribution in [-0.2, 0) is 11.2 Å². The molecule has 1 aromatic rings. The van der Waals surface area contributed by atoms with Crippen LogP contribution in [-0.4, -0.2) is 11.8 Å². The Morgan fingerprint density at radius 3 is 2.60 bits per heavy atom. The molecule has 1 rings (SSSR count). The number of anilines is 1. The van der Waals surface area contributed by atoms with Crippen LogP contribution in [0.1, 0.15) is 12.0 Å². The highest BCUT2D eigenvalue weighted by molar-refractivity contribution is 6.19. The minimum Gasteiger partial charge on any atom is -0.326 e. The quantitative estimate of drug-likeness (QED) is 0.795. The maximum atomic E-state index is 11.2. The fourth-order valence-electron chi connectivity index (χ4n) is 1.11. The van der Waals surface area contributed by atoms with E-state index in [4.69, 9.17) is 16.9 Å². The molecule has 0 aliphatic carbocycles. The molecule has 1 N–H and O–H groups in total. The van der Waals surface area contributed by atoms with E-state index < -0.39 is 0 Å². The molecule has 3 nitrogen and oxygen atoms in total. The van der Waals surface area contributed by atoms with Gasteiger partial charge in [-0.25, -0.2) is 0 Å². The molecule has 1 aromatic carbocycles. The molecule has 0 aromatic heterocycles. The van der Waals surface area contributed by atoms with Gasteiger partial charge < -0.3 is 5.32 Å². The topological polar surface area (TPSA) is 52.9 Å². The highest BCUT2D eigenvalue weighted by Gasteiger charge is 2.00. The van der Waals surface area contributed by atoms with Gasteiger partial charge in [0.05, 0.1) is 12.5 Å². The minimum atomic E-state index is -0.0990. The van der Waals surface area contributed by atoms with E-state index in [1.165, 1.54) is 0 Å². The Morgan fingerprint density at radius 2 is 2.07 bits per heavy atom. The van der Waals surface area contributed by atoms with Gasteiger partial charge in [0.1, 0.15) is 0 Å². The summed E-state index contributed by atoms with van der Waals surface area (Å²) in [4.78, 5) is 11.2. The summed E-state index contributed by atoms with van der Waals surface area (Å²) in [5.74, 6) is 0.219. The SMILES string of the molecule is N#CCc1ccc(NC(=O)CCCl)cc1. The van der Waals surface area contributed by atoms with Crippen LogP contribution in [0.15, 0.2) is 24.3 Å². The van der Waals surface area contributed by atoms with E-state index in [0.29, 0.717) is 18.7 Å². The second-order valence-electron chi connectivity index (χ2n) is 3.02. The normalized spacial score (nSPS) is 9.33. The molecule has 0 saturated heterocycles. The molecule has 0 radical (unpaired) electrons. The predicted molar refractivity (Wildman–Crippen MR) is 59.7 cm³/mol. The average Bonchev–Trinajstić information content (AvgIpc) is 2.22. The highest BCUT2D eigenvalue weighted by Crippen LogP contribution is 2.10. The molecule has 15 heavy (non-hydrogen) atoms. The van der Waals surface area contributed by atoms with Crippen molar-refractivity contribution in [3.63, 3.8) is 0 Å². The largest absolute Gasteiger partial charge is 0.326 e. The Kier molecular flexibility index (Phi) is 4.65. The number of rotatable bonds is 4. The molecular weight excluding hydrogens is 212 g/mol. The van der Waals surface area contributed by atoms with Crippen molar-refractivity contribution in [3.8, 4) is 6.07 Å². The lowest BCUT2D eigenvalue weighted by atomic mass is 10.1. The summed E-state index contributed by atoms with van der Waals surface area (Å²) < 4.78 is 0. The molecule has 0 heterocycles. The van der Waals surface area contributed by atoms with Gasteiger partial charge in [0.2, 0.25) is 5.91 Å². The van der Waals surface area contributed by atoms with Crippen LogP contribution in [0, 0.1) is 11.3 Å². The molecule has 0 aliphatic rings. The van der Waals surface area contributed by atoms with Crippen LogP contribution in [0.25, 0.3) is 0 Å². The second kappa shape index (κ2) is 6.05. The fourth-order valence-corrected chi connectivity index (χ4v) is 1.28. The highest BCUT2D eigenvalue weighted by atomic mass is 35.5. The van der Waals surface area contributed by atoms with Gasteiger partial charge in [-0.15, -0.1) is 11.6 Å². The molecule has 0 fully saturated rings. The monoisotopic (exact) mass is 222 g/mol. The van der Waals surface area contributed by atoms with Crippen LogP contribution in [0.3, 0.4) is 0 Å². The number of nitrogens with zero attached hydrogens (tertiary/aromatic N) is 1. The molecule has 1 amide bonds. The third-order valence-electron chi connectivity index (χ3n) is 1.84. The molecule has 78 valence electrons. The Morgan fingerprint density at radius 1 is 1.40 bits per heavy atom. The smallest absolute Gasteiger partial charge is 0.225 e. The van der Waals surface area contributed by atoms with Gasteiger partial charge in [-0.1, -0.05) is 12.1 Å². The van der Waals surface area contributed by atoms with E-state index in [-0.39, 0.29) is 5.91 Å². The maximum Gasteiger partial charge on any atom is 0.225 e. The summed E-state index contributed by atoms with van der Waals surface area (Å²) in [5.41, 5.74) is 1.67. The predicted octanol–water partition coefficient (Wildman–Crippen LogP) is 2.32. The number of nitriles is 1. The van der Waals surface area contributed by atoms with E-state index >= 15 is 0 Å². The Balaban J connectivity index is 2.57. The lowest BCUT2D eigenvalue weighted by Gasteiger charge is -2.03. The van der Waals surface area contributed by atoms with Crippen LogP contribution < -0.4 is 5.32 Å². The van der Waals surface area contributed by atoms with Gasteiger partial charge in [-0.2, -0.15) is 5.26 Å². The first-order valence-electron chi connectivity index (χ1n) is 4.58. The molecule has 4 heteroatoms. The van der Waals surface area contributed by atoms with Crippen molar-refractivity contribution in [1.29, 1.82) is 5.26 Å². The van der Waals surface area contributed by atoms with Crippen LogP contribution in [0.2, 0.25) is 0 Å². The molecule has 0 spiro atoms. The molecule has 0 aliphatic heterocycles. The third kappa shape index (κ3) is 4.01. The molecule has 0 unspecified atom stereocenters. The number of alkyl halides is 1. The van der Waals surface area contributed by atoms with E-state index in [9.17, 15) is 4.79 Å². The zero-order valence-corrected chi connectivity index (χ0v) is 8.92. The summed E-state index contributed by atoms with van der Waals surface area (Å²) in [7, 11) is 0. The van der Waals surface area contributed by atoms with Gasteiger partial charge in [0, 0.05) is 18.0 Å². The molecule has 0 bridgehead atoms. The van der Waals surface area contributed by atoms with Crippen LogP contribution in [0.4, 0.5) is 5.69 Å². The number of carbonyl (C=O) groups excluding carboxylic acids is 1. The van der Waals surface area contributed by atoms with Crippen LogP contribution in [0.5, 0.6) is 0 Å². The first-order valence-corrected chi connectivity index (χ1v) is 5.11. The Labute approximate surface area is 93.7 Å². The standard InChI is InChI=1S/C11H11ClN2O/c12-7-5-11(15)14-10-3-1-9(2-4-10)6-8-13/h1-4H,5-7H2,(H,14,15). The number of benzene rings is 1. The van der Waals surface area contributed by atoms with E-state index in [0.717, 1.165) is 11.3 Å². The zero-order chi connectivity index (χ0) is 11.1. The van der Waals surface area contributed by atoms with Crippen molar-refractivity contribution in [2.24, 2.45) is 0 Å². The van der Waals surface area contributed by atoms with E-state index in [1.807, 2.05) is 12.1 Å². The van der Waals surface area contributed by atoms with Gasteiger partial charge in [0.15, 0.2) is 0 Å². The summed E-state index contributed by atoms with van der Waals surface area (Å²) in [6.07, 6.45) is 0.692. The first kappa shape index (κ1) is 11.5. The lowest BCUT2D eigenvalue weighted by molar-refractivity contribution is -0.115. The van der Waals surface area contributed by atoms with Crippen molar-refractivity contribution in [1.82, 2.24) is 0 Å². The number of carbonyl (C=O) groups is 1. The number of amides is 1. The van der Waals surface area contributed by atoms with Crippen molar-refractivity contribution >= 4 is 23.2 Å². The maximum absolute atomic E-state index is 11.2. The second-order valence-corrected chi connectivity index (χ2v) is 3.40. The van der Waals surface area contributed by atoms with Crippen molar-refractivity contribution in [3.05, 3.63) is 29.8 Å². The number of halogens is 1. The zero-order valence-electron chi connectivity index (χ0n) is 8.16. The Hall–Kier alpha value is -1.53. The third-order valence-corrected chi connectivity index (χ3v) is 2.03. The van der Waals surface area contributed by atoms with Crippen LogP contribution >= 0.6 is 11.6 Å². The number of hydrogen-bond acceptors (Lipinski definition) is 2. The van der Waals surface area contributed by atoms with E-state index in [2.05, 4.69) is 11.4 Å². The fraction of sp³-hybridized carbons (Fsp3) is 0.273. The van der Waals surface area contributed by atoms with E-state index in [1.54, 1.807) is 12.1 Å². The van der Waals surface area contributed by atoms with Gasteiger partial charge in [0.25, 0.3) is 0 Å². The minimum absolute atomic E-state index is 0.0990. The summed E-state index contributed by atoms with van der Waals surface area (Å²) in [6.45, 7) is 0. The van der Waals surface area contributed by atoms with Gasteiger partial charge in [-0.05, 0) is 17.7 Å². The van der Waals surface area contributed by atoms with Crippen molar-refractivity contribution < 1.29 is 4.79 Å². The lowest BCUT2D eigenvalue weighted by Crippen LogP contribution is -2.11. The molecule has 0 atom stereocenters.